The minimum Gasteiger partial charge on any atom is -0.534 e. The van der Waals surface area contributed by atoms with E-state index in [0.717, 1.165) is 0 Å². The summed E-state index contributed by atoms with van der Waals surface area (Å²) in [7, 11) is -3.46. The van der Waals surface area contributed by atoms with Gasteiger partial charge in [-0.1, -0.05) is 12.1 Å². The van der Waals surface area contributed by atoms with Crippen LogP contribution < -0.4 is 14.7 Å². The fourth-order valence-corrected chi connectivity index (χ4v) is 3.25. The molecule has 0 fully saturated rings. The number of carboxylic acid groups (broad SMARTS) is 1. The van der Waals surface area contributed by atoms with Crippen LogP contribution in [0.25, 0.3) is 0 Å². The molecule has 4 N–H and O–H groups in total. The van der Waals surface area contributed by atoms with Gasteiger partial charge in [0.15, 0.2) is 0 Å². The van der Waals surface area contributed by atoms with Gasteiger partial charge in [0.25, 0.3) is 0 Å². The van der Waals surface area contributed by atoms with E-state index < -0.39 is 35.0 Å². The van der Waals surface area contributed by atoms with Crippen molar-refractivity contribution in [1.82, 2.24) is 10.0 Å². The zero-order valence-electron chi connectivity index (χ0n) is 13.6. The standard InChI is InChI=1S/C14H19BN2O7S/c1-16-25(22,23)7-3-6-12(18)17-11-8-9-4-2-5-10(14(19)20)13(9)24-15(11)21/h2,4-5,11,16,21H,3,6-8H2,1H3,(H,17,18)(H,19,20)/t11-/m0/s1. The molecule has 136 valence electrons. The Balaban J connectivity index is 1.97. The molecule has 0 aliphatic carbocycles. The Morgan fingerprint density at radius 2 is 2.12 bits per heavy atom. The number of para-hydroxylation sites is 1. The number of aromatic carboxylic acids is 1. The number of amides is 1. The van der Waals surface area contributed by atoms with Crippen molar-refractivity contribution in [3.63, 3.8) is 0 Å². The third-order valence-corrected chi connectivity index (χ3v) is 5.27. The molecule has 1 atom stereocenters. The van der Waals surface area contributed by atoms with E-state index in [1.807, 2.05) is 0 Å². The summed E-state index contributed by atoms with van der Waals surface area (Å²) >= 11 is 0. The van der Waals surface area contributed by atoms with E-state index in [-0.39, 0.29) is 36.3 Å². The summed E-state index contributed by atoms with van der Waals surface area (Å²) in [6.07, 6.45) is 0.322. The van der Waals surface area contributed by atoms with Crippen molar-refractivity contribution in [3.8, 4) is 5.75 Å². The highest BCUT2D eigenvalue weighted by Gasteiger charge is 2.37. The molecule has 1 aliphatic heterocycles. The lowest BCUT2D eigenvalue weighted by molar-refractivity contribution is -0.121. The van der Waals surface area contributed by atoms with Crippen molar-refractivity contribution in [1.29, 1.82) is 0 Å². The van der Waals surface area contributed by atoms with Crippen LogP contribution >= 0.6 is 0 Å². The van der Waals surface area contributed by atoms with Gasteiger partial charge in [-0.3, -0.25) is 4.79 Å². The van der Waals surface area contributed by atoms with E-state index in [1.54, 1.807) is 12.1 Å². The number of carboxylic acids is 1. The third-order valence-electron chi connectivity index (χ3n) is 3.82. The van der Waals surface area contributed by atoms with Gasteiger partial charge >= 0.3 is 13.1 Å². The fraction of sp³-hybridized carbons (Fsp3) is 0.429. The van der Waals surface area contributed by atoms with Gasteiger partial charge in [-0.15, -0.1) is 0 Å². The van der Waals surface area contributed by atoms with Gasteiger partial charge in [-0.05, 0) is 31.5 Å². The maximum absolute atomic E-state index is 11.9. The lowest BCUT2D eigenvalue weighted by atomic mass is 9.72. The Hall–Kier alpha value is -2.11. The first-order valence-corrected chi connectivity index (χ1v) is 9.29. The van der Waals surface area contributed by atoms with Gasteiger partial charge in [0, 0.05) is 6.42 Å². The van der Waals surface area contributed by atoms with Crippen molar-refractivity contribution in [2.75, 3.05) is 12.8 Å². The summed E-state index contributed by atoms with van der Waals surface area (Å²) in [6, 6.07) is 4.59. The fourth-order valence-electron chi connectivity index (χ4n) is 2.52. The molecule has 0 spiro atoms. The molecule has 25 heavy (non-hydrogen) atoms. The van der Waals surface area contributed by atoms with E-state index in [2.05, 4.69) is 10.0 Å². The summed E-state index contributed by atoms with van der Waals surface area (Å²) in [5.41, 5.74) is 0.506. The molecule has 1 aliphatic rings. The number of hydrogen-bond donors (Lipinski definition) is 4. The van der Waals surface area contributed by atoms with Gasteiger partial charge in [-0.25, -0.2) is 17.9 Å². The molecule has 1 aromatic carbocycles. The van der Waals surface area contributed by atoms with E-state index in [9.17, 15) is 23.0 Å². The number of fused-ring (bicyclic) bond motifs is 1. The van der Waals surface area contributed by atoms with Crippen LogP contribution in [0.3, 0.4) is 0 Å². The number of sulfonamides is 1. The number of hydrogen-bond acceptors (Lipinski definition) is 6. The summed E-state index contributed by atoms with van der Waals surface area (Å²) in [5.74, 6) is -2.42. The first-order chi connectivity index (χ1) is 11.7. The average molecular weight is 370 g/mol. The van der Waals surface area contributed by atoms with Crippen LogP contribution in [0.1, 0.15) is 28.8 Å². The number of rotatable bonds is 7. The van der Waals surface area contributed by atoms with E-state index in [1.165, 1.54) is 13.1 Å². The SMILES string of the molecule is CNS(=O)(=O)CCCC(=O)N[C@H]1Cc2cccc(C(=O)O)c2OB1O. The molecule has 0 aromatic heterocycles. The molecule has 11 heteroatoms. The van der Waals surface area contributed by atoms with Crippen molar-refractivity contribution >= 4 is 29.0 Å². The highest BCUT2D eigenvalue weighted by atomic mass is 32.2. The highest BCUT2D eigenvalue weighted by molar-refractivity contribution is 7.89. The highest BCUT2D eigenvalue weighted by Crippen LogP contribution is 2.30. The zero-order valence-corrected chi connectivity index (χ0v) is 14.4. The van der Waals surface area contributed by atoms with Gasteiger partial charge in [0.05, 0.1) is 17.3 Å². The predicted molar refractivity (Wildman–Crippen MR) is 89.7 cm³/mol. The zero-order chi connectivity index (χ0) is 18.6. The summed E-state index contributed by atoms with van der Waals surface area (Å²) in [5, 5.41) is 21.7. The Labute approximate surface area is 145 Å². The number of carbonyl (C=O) groups excluding carboxylic acids is 1. The topological polar surface area (TPSA) is 142 Å². The Morgan fingerprint density at radius 3 is 2.76 bits per heavy atom. The minimum absolute atomic E-state index is 0.0217. The Bertz CT molecular complexity index is 768. The van der Waals surface area contributed by atoms with E-state index >= 15 is 0 Å². The molecule has 2 rings (SSSR count). The van der Waals surface area contributed by atoms with Crippen LogP contribution in [0.15, 0.2) is 18.2 Å². The van der Waals surface area contributed by atoms with Gasteiger partial charge in [0.1, 0.15) is 5.75 Å². The second-order valence-electron chi connectivity index (χ2n) is 5.61. The van der Waals surface area contributed by atoms with Crippen molar-refractivity contribution in [2.24, 2.45) is 0 Å². The van der Waals surface area contributed by atoms with Gasteiger partial charge in [0.2, 0.25) is 15.9 Å². The van der Waals surface area contributed by atoms with Crippen molar-refractivity contribution in [2.45, 2.75) is 25.2 Å². The molecule has 0 radical (unpaired) electrons. The molecule has 1 heterocycles. The molecule has 0 saturated carbocycles. The lowest BCUT2D eigenvalue weighted by Gasteiger charge is -2.28. The average Bonchev–Trinajstić information content (AvgIpc) is 2.54. The van der Waals surface area contributed by atoms with Crippen LogP contribution in [-0.2, 0) is 21.2 Å². The largest absolute Gasteiger partial charge is 0.547 e. The molecular weight excluding hydrogens is 351 g/mol. The quantitative estimate of drug-likeness (QED) is 0.458. The van der Waals surface area contributed by atoms with Crippen LogP contribution in [0.5, 0.6) is 5.75 Å². The molecule has 1 amide bonds. The Morgan fingerprint density at radius 1 is 1.40 bits per heavy atom. The second kappa shape index (κ2) is 7.85. The molecule has 9 nitrogen and oxygen atoms in total. The smallest absolute Gasteiger partial charge is 0.534 e. The number of benzene rings is 1. The van der Waals surface area contributed by atoms with Crippen molar-refractivity contribution in [3.05, 3.63) is 29.3 Å². The molecule has 0 saturated heterocycles. The third kappa shape index (κ3) is 4.94. The van der Waals surface area contributed by atoms with Crippen LogP contribution in [0.4, 0.5) is 0 Å². The number of carbonyl (C=O) groups is 2. The predicted octanol–water partition coefficient (Wildman–Crippen LogP) is -0.846. The molecule has 1 aromatic rings. The summed E-state index contributed by atoms with van der Waals surface area (Å²) in [4.78, 5) is 23.1. The maximum atomic E-state index is 11.9. The van der Waals surface area contributed by atoms with Crippen LogP contribution in [-0.4, -0.2) is 56.3 Å². The first kappa shape index (κ1) is 19.2. The monoisotopic (exact) mass is 370 g/mol. The van der Waals surface area contributed by atoms with E-state index in [0.29, 0.717) is 5.56 Å². The Kier molecular flexibility index (Phi) is 6.04. The van der Waals surface area contributed by atoms with Crippen molar-refractivity contribution < 1.29 is 32.8 Å². The van der Waals surface area contributed by atoms with Gasteiger partial charge in [-0.2, -0.15) is 0 Å². The summed E-state index contributed by atoms with van der Waals surface area (Å²) < 4.78 is 30.0. The maximum Gasteiger partial charge on any atom is 0.547 e. The molecule has 0 unspecified atom stereocenters. The van der Waals surface area contributed by atoms with E-state index in [4.69, 9.17) is 9.76 Å². The number of nitrogens with one attached hydrogen (secondary N) is 2. The molecular formula is C14H19BN2O7S. The van der Waals surface area contributed by atoms with Crippen LogP contribution in [0, 0.1) is 0 Å². The lowest BCUT2D eigenvalue weighted by Crippen LogP contribution is -2.53. The van der Waals surface area contributed by atoms with Gasteiger partial charge < -0.3 is 20.1 Å². The summed E-state index contributed by atoms with van der Waals surface area (Å²) in [6.45, 7) is 0. The normalized spacial score (nSPS) is 16.7. The minimum atomic E-state index is -3.37. The van der Waals surface area contributed by atoms with Crippen LogP contribution in [0.2, 0.25) is 0 Å². The molecule has 0 bridgehead atoms. The second-order valence-corrected chi connectivity index (χ2v) is 7.66. The first-order valence-electron chi connectivity index (χ1n) is 7.64.